The van der Waals surface area contributed by atoms with Crippen molar-refractivity contribution < 1.29 is 4.39 Å². The quantitative estimate of drug-likeness (QED) is 0.496. The monoisotopic (exact) mass is 396 g/mol. The summed E-state index contributed by atoms with van der Waals surface area (Å²) in [5.74, 6) is 0.147. The molecule has 2 aromatic carbocycles. The molecule has 0 saturated carbocycles. The predicted octanol–water partition coefficient (Wildman–Crippen LogP) is 4.52. The normalized spacial score (nSPS) is 11.1. The minimum absolute atomic E-state index is 0.0413. The lowest BCUT2D eigenvalue weighted by molar-refractivity contribution is 0.639. The zero-order chi connectivity index (χ0) is 19.7. The molecule has 8 heteroatoms. The zero-order valence-electron chi connectivity index (χ0n) is 15.5. The first-order valence-electron chi connectivity index (χ1n) is 9.01. The van der Waals surface area contributed by atoms with Crippen molar-refractivity contribution in [2.45, 2.75) is 13.8 Å². The molecule has 0 unspecified atom stereocenters. The fourth-order valence-electron chi connectivity index (χ4n) is 3.36. The molecule has 0 aliphatic heterocycles. The van der Waals surface area contributed by atoms with Crippen LogP contribution < -0.4 is 4.90 Å². The summed E-state index contributed by atoms with van der Waals surface area (Å²) in [5.41, 5.74) is 2.54. The molecule has 0 aliphatic carbocycles. The Morgan fingerprint density at radius 2 is 1.82 bits per heavy atom. The maximum absolute atomic E-state index is 15.2. The number of hydrogen-bond donors (Lipinski definition) is 0. The predicted molar refractivity (Wildman–Crippen MR) is 108 cm³/mol. The largest absolute Gasteiger partial charge is 0.355 e. The molecule has 0 bridgehead atoms. The second kappa shape index (κ2) is 7.52. The lowest BCUT2D eigenvalue weighted by Crippen LogP contribution is -2.25. The molecule has 2 aromatic heterocycles. The third kappa shape index (κ3) is 2.97. The topological polar surface area (TPSA) is 59.7 Å². The van der Waals surface area contributed by atoms with E-state index in [4.69, 9.17) is 16.6 Å². The van der Waals surface area contributed by atoms with E-state index in [0.717, 1.165) is 18.7 Å². The molecule has 0 fully saturated rings. The second-order valence-corrected chi connectivity index (χ2v) is 6.59. The minimum Gasteiger partial charge on any atom is -0.355 e. The summed E-state index contributed by atoms with van der Waals surface area (Å²) < 4.78 is 15.2. The van der Waals surface area contributed by atoms with Crippen LogP contribution in [0.5, 0.6) is 0 Å². The summed E-state index contributed by atoms with van der Waals surface area (Å²) in [4.78, 5) is 8.23. The number of aromatic nitrogens is 5. The molecular weight excluding hydrogens is 379 g/mol. The van der Waals surface area contributed by atoms with Crippen molar-refractivity contribution in [3.63, 3.8) is 0 Å². The first kappa shape index (κ1) is 18.3. The highest BCUT2D eigenvalue weighted by molar-refractivity contribution is 6.31. The van der Waals surface area contributed by atoms with Gasteiger partial charge in [0.1, 0.15) is 5.69 Å². The van der Waals surface area contributed by atoms with Crippen LogP contribution in [0, 0.1) is 5.82 Å². The van der Waals surface area contributed by atoms with Gasteiger partial charge in [-0.05, 0) is 36.8 Å². The molecule has 0 saturated heterocycles. The van der Waals surface area contributed by atoms with Gasteiger partial charge < -0.3 is 4.90 Å². The van der Waals surface area contributed by atoms with E-state index in [0.29, 0.717) is 28.0 Å². The lowest BCUT2D eigenvalue weighted by atomic mass is 9.98. The lowest BCUT2D eigenvalue weighted by Gasteiger charge is -2.25. The van der Waals surface area contributed by atoms with Gasteiger partial charge in [0.2, 0.25) is 0 Å². The molecule has 0 spiro atoms. The molecule has 6 nitrogen and oxygen atoms in total. The second-order valence-electron chi connectivity index (χ2n) is 6.18. The zero-order valence-corrected chi connectivity index (χ0v) is 16.2. The summed E-state index contributed by atoms with van der Waals surface area (Å²) >= 11 is 6.12. The number of pyridine rings is 1. The van der Waals surface area contributed by atoms with Gasteiger partial charge in [0, 0.05) is 24.0 Å². The fourth-order valence-corrected chi connectivity index (χ4v) is 3.51. The van der Waals surface area contributed by atoms with Crippen LogP contribution in [-0.4, -0.2) is 38.3 Å². The first-order valence-corrected chi connectivity index (χ1v) is 9.38. The maximum atomic E-state index is 15.2. The van der Waals surface area contributed by atoms with Crippen LogP contribution in [0.15, 0.2) is 48.8 Å². The van der Waals surface area contributed by atoms with Gasteiger partial charge in [0.15, 0.2) is 18.0 Å². The average molecular weight is 397 g/mol. The molecule has 0 aliphatic rings. The molecule has 28 heavy (non-hydrogen) atoms. The molecule has 4 rings (SSSR count). The summed E-state index contributed by atoms with van der Waals surface area (Å²) in [7, 11) is 0. The van der Waals surface area contributed by atoms with Crippen molar-refractivity contribution in [3.05, 3.63) is 59.6 Å². The van der Waals surface area contributed by atoms with Gasteiger partial charge in [-0.1, -0.05) is 41.9 Å². The summed E-state index contributed by atoms with van der Waals surface area (Å²) in [6.45, 7) is 5.53. The van der Waals surface area contributed by atoms with Crippen LogP contribution in [0.25, 0.3) is 27.7 Å². The van der Waals surface area contributed by atoms with E-state index < -0.39 is 5.82 Å². The molecule has 2 heterocycles. The third-order valence-corrected chi connectivity index (χ3v) is 4.96. The number of tetrazole rings is 1. The molecule has 4 aromatic rings. The minimum atomic E-state index is -0.516. The van der Waals surface area contributed by atoms with Gasteiger partial charge in [0.05, 0.1) is 10.5 Å². The smallest absolute Gasteiger partial charge is 0.162 e. The molecular formula is C20H18ClFN6. The Labute approximate surface area is 166 Å². The van der Waals surface area contributed by atoms with Gasteiger partial charge in [-0.25, -0.2) is 9.37 Å². The van der Waals surface area contributed by atoms with Crippen molar-refractivity contribution in [1.29, 1.82) is 0 Å². The SMILES string of the molecule is CCN(CC)c1nc2ccc(Cl)c(F)c2c(-c2ccccc2)c1-n1ncnn1. The maximum Gasteiger partial charge on any atom is 0.162 e. The van der Waals surface area contributed by atoms with E-state index in [1.54, 1.807) is 6.07 Å². The average Bonchev–Trinajstić information content (AvgIpc) is 3.26. The highest BCUT2D eigenvalue weighted by Crippen LogP contribution is 2.40. The Morgan fingerprint density at radius 3 is 2.46 bits per heavy atom. The van der Waals surface area contributed by atoms with Crippen molar-refractivity contribution in [2.75, 3.05) is 18.0 Å². The van der Waals surface area contributed by atoms with Crippen LogP contribution in [0.3, 0.4) is 0 Å². The molecule has 0 amide bonds. The summed E-state index contributed by atoms with van der Waals surface area (Å²) in [5, 5.41) is 12.5. The van der Waals surface area contributed by atoms with E-state index in [2.05, 4.69) is 20.3 Å². The molecule has 0 N–H and O–H groups in total. The number of fused-ring (bicyclic) bond motifs is 1. The van der Waals surface area contributed by atoms with E-state index in [-0.39, 0.29) is 5.02 Å². The van der Waals surface area contributed by atoms with Gasteiger partial charge >= 0.3 is 0 Å². The molecule has 0 radical (unpaired) electrons. The van der Waals surface area contributed by atoms with Gasteiger partial charge in [-0.15, -0.1) is 15.0 Å². The third-order valence-electron chi connectivity index (χ3n) is 4.67. The Kier molecular flexibility index (Phi) is 4.92. The summed E-state index contributed by atoms with van der Waals surface area (Å²) in [6.07, 6.45) is 1.35. The number of hydrogen-bond acceptors (Lipinski definition) is 5. The highest BCUT2D eigenvalue weighted by atomic mass is 35.5. The number of rotatable bonds is 5. The Morgan fingerprint density at radius 1 is 1.07 bits per heavy atom. The van der Waals surface area contributed by atoms with Gasteiger partial charge in [-0.3, -0.25) is 0 Å². The van der Waals surface area contributed by atoms with Gasteiger partial charge in [-0.2, -0.15) is 0 Å². The Bertz CT molecular complexity index is 1110. The van der Waals surface area contributed by atoms with E-state index in [1.807, 2.05) is 44.2 Å². The van der Waals surface area contributed by atoms with E-state index >= 15 is 4.39 Å². The molecule has 142 valence electrons. The van der Waals surface area contributed by atoms with Crippen LogP contribution in [0.1, 0.15) is 13.8 Å². The first-order chi connectivity index (χ1) is 13.7. The molecule has 0 atom stereocenters. The standard InChI is InChI=1S/C20H18ClFN6/c1-3-27(4-2)20-19(28-24-12-23-26-28)16(13-8-6-5-7-9-13)17-15(25-20)11-10-14(21)18(17)22/h5-12H,3-4H2,1-2H3. The van der Waals surface area contributed by atoms with E-state index in [1.165, 1.54) is 17.2 Å². The van der Waals surface area contributed by atoms with Crippen LogP contribution in [0.2, 0.25) is 5.02 Å². The number of nitrogens with zero attached hydrogens (tertiary/aromatic N) is 6. The van der Waals surface area contributed by atoms with Crippen molar-refractivity contribution in [3.8, 4) is 16.8 Å². The number of halogens is 2. The van der Waals surface area contributed by atoms with Crippen LogP contribution in [-0.2, 0) is 0 Å². The highest BCUT2D eigenvalue weighted by Gasteiger charge is 2.25. The number of benzene rings is 2. The van der Waals surface area contributed by atoms with Crippen LogP contribution >= 0.6 is 11.6 Å². The number of anilines is 1. The van der Waals surface area contributed by atoms with Crippen molar-refractivity contribution >= 4 is 28.3 Å². The van der Waals surface area contributed by atoms with Crippen molar-refractivity contribution in [2.24, 2.45) is 0 Å². The Hall–Kier alpha value is -3.06. The Balaban J connectivity index is 2.23. The van der Waals surface area contributed by atoms with Crippen molar-refractivity contribution in [1.82, 2.24) is 25.2 Å². The fraction of sp³-hybridized carbons (Fsp3) is 0.200. The van der Waals surface area contributed by atoms with E-state index in [9.17, 15) is 0 Å². The summed E-state index contributed by atoms with van der Waals surface area (Å²) in [6, 6.07) is 12.8. The van der Waals surface area contributed by atoms with Gasteiger partial charge in [0.25, 0.3) is 0 Å². The van der Waals surface area contributed by atoms with Crippen LogP contribution in [0.4, 0.5) is 10.2 Å².